The molecule has 98 valence electrons. The Labute approximate surface area is 122 Å². The van der Waals surface area contributed by atoms with Gasteiger partial charge in [-0.1, -0.05) is 61.2 Å². The third kappa shape index (κ3) is 5.89. The molecule has 0 aliphatic heterocycles. The van der Waals surface area contributed by atoms with Crippen LogP contribution >= 0.6 is 35.7 Å². The zero-order valence-electron chi connectivity index (χ0n) is 10.2. The molecule has 5 heteroatoms. The largest absolute Gasteiger partial charge is 0.480 e. The van der Waals surface area contributed by atoms with Gasteiger partial charge in [-0.3, -0.25) is 4.79 Å². The van der Waals surface area contributed by atoms with Crippen LogP contribution in [-0.2, 0) is 11.2 Å². The van der Waals surface area contributed by atoms with Crippen LogP contribution in [0.2, 0.25) is 0 Å². The molecule has 1 aromatic rings. The highest BCUT2D eigenvalue weighted by atomic mass is 32.2. The second-order valence-corrected chi connectivity index (χ2v) is 7.32. The first-order valence-electron chi connectivity index (χ1n) is 5.73. The van der Waals surface area contributed by atoms with Crippen molar-refractivity contribution in [1.29, 1.82) is 0 Å². The Kier molecular flexibility index (Phi) is 7.39. The average Bonchev–Trinajstić information content (AvgIpc) is 2.35. The molecule has 0 saturated carbocycles. The van der Waals surface area contributed by atoms with Crippen LogP contribution in [0.4, 0.5) is 0 Å². The molecule has 1 unspecified atom stereocenters. The number of carboxylic acid groups (broad SMARTS) is 1. The van der Waals surface area contributed by atoms with E-state index in [-0.39, 0.29) is 0 Å². The second kappa shape index (κ2) is 8.56. The van der Waals surface area contributed by atoms with E-state index < -0.39 is 11.2 Å². The van der Waals surface area contributed by atoms with E-state index in [0.717, 1.165) is 15.7 Å². The Hall–Kier alpha value is -0.520. The Balaban J connectivity index is 2.48. The van der Waals surface area contributed by atoms with E-state index in [1.807, 2.05) is 37.3 Å². The first kappa shape index (κ1) is 15.5. The number of aryl methyl sites for hydroxylation is 1. The Morgan fingerprint density at radius 2 is 2.06 bits per heavy atom. The predicted molar refractivity (Wildman–Crippen MR) is 84.5 cm³/mol. The van der Waals surface area contributed by atoms with Gasteiger partial charge in [-0.05, 0) is 24.2 Å². The number of thioether (sulfide) groups is 2. The van der Waals surface area contributed by atoms with Gasteiger partial charge in [0.25, 0.3) is 0 Å². The fraction of sp³-hybridized carbons (Fsp3) is 0.385. The van der Waals surface area contributed by atoms with E-state index in [1.54, 1.807) is 0 Å². The molecule has 0 heterocycles. The Morgan fingerprint density at radius 3 is 2.61 bits per heavy atom. The number of benzene rings is 1. The first-order valence-corrected chi connectivity index (χ1v) is 8.01. The molecule has 0 radical (unpaired) electrons. The van der Waals surface area contributed by atoms with Crippen LogP contribution < -0.4 is 0 Å². The summed E-state index contributed by atoms with van der Waals surface area (Å²) in [5.41, 5.74) is 1.17. The molecule has 0 fully saturated rings. The highest BCUT2D eigenvalue weighted by molar-refractivity contribution is 8.47. The highest BCUT2D eigenvalue weighted by Crippen LogP contribution is 2.25. The molecule has 18 heavy (non-hydrogen) atoms. The van der Waals surface area contributed by atoms with E-state index in [9.17, 15) is 9.90 Å². The van der Waals surface area contributed by atoms with Gasteiger partial charge in [0.05, 0.1) is 0 Å². The quantitative estimate of drug-likeness (QED) is 0.808. The van der Waals surface area contributed by atoms with Crippen molar-refractivity contribution >= 4 is 45.2 Å². The summed E-state index contributed by atoms with van der Waals surface area (Å²) in [7, 11) is 0. The topological polar surface area (TPSA) is 37.3 Å². The van der Waals surface area contributed by atoms with Crippen LogP contribution in [-0.4, -0.2) is 25.6 Å². The SMILES string of the molecule is CCSC(=S)SC(CCc1ccccc1)C(=O)O. The predicted octanol–water partition coefficient (Wildman–Crippen LogP) is 3.84. The lowest BCUT2D eigenvalue weighted by Gasteiger charge is -2.11. The molecule has 1 aromatic carbocycles. The Morgan fingerprint density at radius 1 is 1.39 bits per heavy atom. The lowest BCUT2D eigenvalue weighted by atomic mass is 10.1. The lowest BCUT2D eigenvalue weighted by molar-refractivity contribution is -0.136. The van der Waals surface area contributed by atoms with E-state index in [0.29, 0.717) is 6.42 Å². The van der Waals surface area contributed by atoms with Crippen LogP contribution in [0.25, 0.3) is 0 Å². The van der Waals surface area contributed by atoms with Crippen molar-refractivity contribution in [2.45, 2.75) is 25.0 Å². The smallest absolute Gasteiger partial charge is 0.317 e. The number of thiocarbonyl (C=S) groups is 1. The van der Waals surface area contributed by atoms with Gasteiger partial charge in [-0.2, -0.15) is 0 Å². The van der Waals surface area contributed by atoms with Crippen molar-refractivity contribution in [3.8, 4) is 0 Å². The summed E-state index contributed by atoms with van der Waals surface area (Å²) in [6, 6.07) is 9.93. The zero-order valence-corrected chi connectivity index (χ0v) is 12.6. The van der Waals surface area contributed by atoms with Gasteiger partial charge in [0.1, 0.15) is 8.78 Å². The monoisotopic (exact) mass is 300 g/mol. The van der Waals surface area contributed by atoms with Gasteiger partial charge >= 0.3 is 5.97 Å². The summed E-state index contributed by atoms with van der Waals surface area (Å²) in [6.07, 6.45) is 1.37. The fourth-order valence-electron chi connectivity index (χ4n) is 1.44. The molecule has 0 bridgehead atoms. The van der Waals surface area contributed by atoms with Crippen LogP contribution in [0.1, 0.15) is 18.9 Å². The minimum Gasteiger partial charge on any atom is -0.480 e. The fourth-order valence-corrected chi connectivity index (χ4v) is 3.92. The standard InChI is InChI=1S/C13H16O2S3/c1-2-17-13(16)18-11(12(14)15)9-8-10-6-4-3-5-7-10/h3-7,11H,2,8-9H2,1H3,(H,14,15). The second-order valence-electron chi connectivity index (χ2n) is 3.65. The molecule has 0 aliphatic carbocycles. The highest BCUT2D eigenvalue weighted by Gasteiger charge is 2.20. The molecule has 2 nitrogen and oxygen atoms in total. The van der Waals surface area contributed by atoms with Gasteiger partial charge in [-0.15, -0.1) is 11.8 Å². The van der Waals surface area contributed by atoms with Crippen molar-refractivity contribution < 1.29 is 9.90 Å². The first-order chi connectivity index (χ1) is 8.63. The number of aliphatic carboxylic acids is 1. The van der Waals surface area contributed by atoms with Crippen molar-refractivity contribution in [1.82, 2.24) is 0 Å². The summed E-state index contributed by atoms with van der Waals surface area (Å²) in [5, 5.41) is 8.73. The summed E-state index contributed by atoms with van der Waals surface area (Å²) in [6.45, 7) is 2.01. The number of carbonyl (C=O) groups is 1. The summed E-state index contributed by atoms with van der Waals surface area (Å²) in [5.74, 6) is 0.103. The van der Waals surface area contributed by atoms with Gasteiger partial charge in [0, 0.05) is 0 Å². The maximum Gasteiger partial charge on any atom is 0.317 e. The molecule has 0 aliphatic rings. The molecule has 0 aromatic heterocycles. The maximum absolute atomic E-state index is 11.2. The van der Waals surface area contributed by atoms with Crippen molar-refractivity contribution in [3.63, 3.8) is 0 Å². The molecular weight excluding hydrogens is 284 g/mol. The van der Waals surface area contributed by atoms with Gasteiger partial charge in [-0.25, -0.2) is 0 Å². The van der Waals surface area contributed by atoms with E-state index >= 15 is 0 Å². The third-order valence-electron chi connectivity index (χ3n) is 2.31. The molecule has 0 amide bonds. The molecule has 1 N–H and O–H groups in total. The van der Waals surface area contributed by atoms with Crippen LogP contribution in [0.3, 0.4) is 0 Å². The number of carboxylic acids is 1. The minimum absolute atomic E-state index is 0.447. The number of hydrogen-bond donors (Lipinski definition) is 1. The Bertz CT molecular complexity index is 392. The van der Waals surface area contributed by atoms with Gasteiger partial charge in [0.15, 0.2) is 0 Å². The van der Waals surface area contributed by atoms with Crippen molar-refractivity contribution in [2.24, 2.45) is 0 Å². The van der Waals surface area contributed by atoms with Crippen molar-refractivity contribution in [3.05, 3.63) is 35.9 Å². The normalized spacial score (nSPS) is 12.1. The maximum atomic E-state index is 11.2. The van der Waals surface area contributed by atoms with E-state index in [1.165, 1.54) is 29.1 Å². The number of hydrogen-bond acceptors (Lipinski definition) is 4. The number of rotatable bonds is 6. The third-order valence-corrected chi connectivity index (χ3v) is 5.04. The molecule has 1 atom stereocenters. The van der Waals surface area contributed by atoms with Crippen molar-refractivity contribution in [2.75, 3.05) is 5.75 Å². The van der Waals surface area contributed by atoms with Gasteiger partial charge in [0.2, 0.25) is 0 Å². The zero-order chi connectivity index (χ0) is 13.4. The average molecular weight is 300 g/mol. The van der Waals surface area contributed by atoms with Gasteiger partial charge < -0.3 is 5.11 Å². The van der Waals surface area contributed by atoms with E-state index in [4.69, 9.17) is 12.2 Å². The van der Waals surface area contributed by atoms with Crippen LogP contribution in [0.5, 0.6) is 0 Å². The van der Waals surface area contributed by atoms with Crippen LogP contribution in [0.15, 0.2) is 30.3 Å². The molecular formula is C13H16O2S3. The lowest BCUT2D eigenvalue weighted by Crippen LogP contribution is -2.18. The summed E-state index contributed by atoms with van der Waals surface area (Å²) in [4.78, 5) is 11.2. The molecule has 0 saturated heterocycles. The summed E-state index contributed by atoms with van der Waals surface area (Å²) >= 11 is 7.96. The van der Waals surface area contributed by atoms with E-state index in [2.05, 4.69) is 0 Å². The molecule has 1 rings (SSSR count). The summed E-state index contributed by atoms with van der Waals surface area (Å²) < 4.78 is 0.720. The minimum atomic E-state index is -0.782. The van der Waals surface area contributed by atoms with Crippen LogP contribution in [0, 0.1) is 0 Å². The molecule has 0 spiro atoms.